The average Bonchev–Trinajstić information content (AvgIpc) is 2.46. The van der Waals surface area contributed by atoms with Gasteiger partial charge in [0.25, 0.3) is 0 Å². The Morgan fingerprint density at radius 2 is 2.14 bits per heavy atom. The lowest BCUT2D eigenvalue weighted by Gasteiger charge is -2.31. The number of aryl methyl sites for hydroxylation is 1. The van der Waals surface area contributed by atoms with E-state index in [0.717, 1.165) is 24.0 Å². The topological polar surface area (TPSA) is 87.1 Å². The summed E-state index contributed by atoms with van der Waals surface area (Å²) in [6, 6.07) is 5.67. The third-order valence-corrected chi connectivity index (χ3v) is 3.73. The zero-order valence-electron chi connectivity index (χ0n) is 11.9. The quantitative estimate of drug-likeness (QED) is 0.889. The van der Waals surface area contributed by atoms with Crippen molar-refractivity contribution in [1.29, 1.82) is 0 Å². The fraction of sp³-hybridized carbons (Fsp3) is 0.467. The first-order valence-electron chi connectivity index (χ1n) is 6.90. The molecule has 0 saturated carbocycles. The molecule has 21 heavy (non-hydrogen) atoms. The minimum absolute atomic E-state index is 0.127. The number of likely N-dealkylation sites (tertiary alicyclic amines) is 1. The third-order valence-electron chi connectivity index (χ3n) is 3.73. The number of nitrogens with zero attached hydrogens (tertiary/aromatic N) is 1. The van der Waals surface area contributed by atoms with Crippen LogP contribution in [0, 0.1) is 6.92 Å². The Kier molecular flexibility index (Phi) is 4.67. The van der Waals surface area contributed by atoms with Gasteiger partial charge in [0, 0.05) is 19.0 Å². The Bertz CT molecular complexity index is 543. The van der Waals surface area contributed by atoms with E-state index in [0.29, 0.717) is 18.8 Å². The molecule has 1 saturated heterocycles. The molecule has 0 bridgehead atoms. The van der Waals surface area contributed by atoms with Crippen LogP contribution < -0.4 is 4.74 Å². The molecule has 1 heterocycles. The highest BCUT2D eigenvalue weighted by Crippen LogP contribution is 2.30. The van der Waals surface area contributed by atoms with Gasteiger partial charge in [-0.25, -0.2) is 9.59 Å². The highest BCUT2D eigenvalue weighted by Gasteiger charge is 2.24. The first-order chi connectivity index (χ1) is 9.97. The highest BCUT2D eigenvalue weighted by atomic mass is 16.5. The molecule has 6 nitrogen and oxygen atoms in total. The van der Waals surface area contributed by atoms with E-state index in [4.69, 9.17) is 14.9 Å². The fourth-order valence-electron chi connectivity index (χ4n) is 2.59. The lowest BCUT2D eigenvalue weighted by Crippen LogP contribution is -2.38. The van der Waals surface area contributed by atoms with Crippen molar-refractivity contribution in [2.24, 2.45) is 0 Å². The van der Waals surface area contributed by atoms with Crippen LogP contribution in [0.5, 0.6) is 5.75 Å². The van der Waals surface area contributed by atoms with Crippen LogP contribution in [0.3, 0.4) is 0 Å². The molecule has 2 rings (SSSR count). The average molecular weight is 293 g/mol. The van der Waals surface area contributed by atoms with Crippen molar-refractivity contribution in [3.05, 3.63) is 29.3 Å². The summed E-state index contributed by atoms with van der Waals surface area (Å²) in [7, 11) is 0. The molecule has 0 radical (unpaired) electrons. The smallest absolute Gasteiger partial charge is 0.407 e. The van der Waals surface area contributed by atoms with Gasteiger partial charge in [-0.3, -0.25) is 0 Å². The number of carbonyl (C=O) groups is 2. The van der Waals surface area contributed by atoms with Crippen molar-refractivity contribution in [3.63, 3.8) is 0 Å². The van der Waals surface area contributed by atoms with Crippen LogP contribution in [0.4, 0.5) is 4.79 Å². The Labute approximate surface area is 122 Å². The molecule has 1 aromatic carbocycles. The van der Waals surface area contributed by atoms with E-state index in [9.17, 15) is 9.59 Å². The molecule has 1 aliphatic rings. The Balaban J connectivity index is 2.14. The molecule has 1 aromatic rings. The number of piperidine rings is 1. The zero-order chi connectivity index (χ0) is 15.4. The second-order valence-electron chi connectivity index (χ2n) is 5.28. The molecule has 1 amide bonds. The van der Waals surface area contributed by atoms with E-state index >= 15 is 0 Å². The molecule has 1 atom stereocenters. The molecule has 6 heteroatoms. The maximum atomic E-state index is 11.1. The van der Waals surface area contributed by atoms with Gasteiger partial charge >= 0.3 is 12.1 Å². The van der Waals surface area contributed by atoms with Gasteiger partial charge in [0.15, 0.2) is 6.61 Å². The molecule has 0 spiro atoms. The lowest BCUT2D eigenvalue weighted by atomic mass is 9.90. The third kappa shape index (κ3) is 3.87. The van der Waals surface area contributed by atoms with Crippen molar-refractivity contribution in [3.8, 4) is 5.75 Å². The minimum Gasteiger partial charge on any atom is -0.482 e. The van der Waals surface area contributed by atoms with Crippen molar-refractivity contribution in [2.45, 2.75) is 25.7 Å². The highest BCUT2D eigenvalue weighted by molar-refractivity contribution is 5.68. The van der Waals surface area contributed by atoms with Crippen molar-refractivity contribution >= 4 is 12.1 Å². The van der Waals surface area contributed by atoms with E-state index in [1.54, 1.807) is 0 Å². The fourth-order valence-corrected chi connectivity index (χ4v) is 2.59. The summed E-state index contributed by atoms with van der Waals surface area (Å²) in [5.74, 6) is -0.348. The van der Waals surface area contributed by atoms with Crippen molar-refractivity contribution in [1.82, 2.24) is 4.90 Å². The Morgan fingerprint density at radius 3 is 2.81 bits per heavy atom. The number of benzene rings is 1. The molecular formula is C15H19NO5. The van der Waals surface area contributed by atoms with E-state index in [-0.39, 0.29) is 12.5 Å². The van der Waals surface area contributed by atoms with E-state index in [2.05, 4.69) is 0 Å². The molecular weight excluding hydrogens is 274 g/mol. The van der Waals surface area contributed by atoms with Gasteiger partial charge in [-0.2, -0.15) is 0 Å². The molecule has 0 aromatic heterocycles. The van der Waals surface area contributed by atoms with E-state index < -0.39 is 12.1 Å². The standard InChI is InChI=1S/C15H19NO5/c1-10-4-5-11(7-13(10)21-9-14(17)18)12-3-2-6-16(8-12)15(19)20/h4-5,7,12H,2-3,6,8-9H2,1H3,(H,17,18)(H,19,20). The number of hydrogen-bond donors (Lipinski definition) is 2. The maximum Gasteiger partial charge on any atom is 0.407 e. The molecule has 114 valence electrons. The molecule has 1 aliphatic heterocycles. The SMILES string of the molecule is Cc1ccc(C2CCCN(C(=O)O)C2)cc1OCC(=O)O. The summed E-state index contributed by atoms with van der Waals surface area (Å²) >= 11 is 0. The molecule has 0 aliphatic carbocycles. The van der Waals surface area contributed by atoms with Crippen molar-refractivity contribution in [2.75, 3.05) is 19.7 Å². The van der Waals surface area contributed by atoms with Crippen LogP contribution in [0.1, 0.15) is 29.9 Å². The van der Waals surface area contributed by atoms with Gasteiger partial charge in [0.2, 0.25) is 0 Å². The minimum atomic E-state index is -1.02. The summed E-state index contributed by atoms with van der Waals surface area (Å²) in [5, 5.41) is 17.8. The van der Waals surface area contributed by atoms with Crippen LogP contribution in [0.2, 0.25) is 0 Å². The summed E-state index contributed by atoms with van der Waals surface area (Å²) < 4.78 is 5.27. The Morgan fingerprint density at radius 1 is 1.38 bits per heavy atom. The Hall–Kier alpha value is -2.24. The maximum absolute atomic E-state index is 11.1. The molecule has 1 unspecified atom stereocenters. The first kappa shape index (κ1) is 15.2. The number of amides is 1. The summed E-state index contributed by atoms with van der Waals surface area (Å²) in [6.07, 6.45) is 0.857. The second kappa shape index (κ2) is 6.47. The van der Waals surface area contributed by atoms with Crippen molar-refractivity contribution < 1.29 is 24.5 Å². The number of rotatable bonds is 4. The van der Waals surface area contributed by atoms with Gasteiger partial charge < -0.3 is 19.8 Å². The number of carboxylic acid groups (broad SMARTS) is 2. The summed E-state index contributed by atoms with van der Waals surface area (Å²) in [6.45, 7) is 2.51. The lowest BCUT2D eigenvalue weighted by molar-refractivity contribution is -0.139. The molecule has 2 N–H and O–H groups in total. The van der Waals surface area contributed by atoms with Gasteiger partial charge in [0.1, 0.15) is 5.75 Å². The number of hydrogen-bond acceptors (Lipinski definition) is 3. The normalized spacial score (nSPS) is 18.3. The van der Waals surface area contributed by atoms with Gasteiger partial charge in [-0.15, -0.1) is 0 Å². The van der Waals surface area contributed by atoms with E-state index in [1.165, 1.54) is 4.90 Å². The first-order valence-corrected chi connectivity index (χ1v) is 6.90. The zero-order valence-corrected chi connectivity index (χ0v) is 11.9. The summed E-state index contributed by atoms with van der Waals surface area (Å²) in [5.41, 5.74) is 1.86. The monoisotopic (exact) mass is 293 g/mol. The predicted molar refractivity (Wildman–Crippen MR) is 75.9 cm³/mol. The van der Waals surface area contributed by atoms with Crippen LogP contribution >= 0.6 is 0 Å². The van der Waals surface area contributed by atoms with Gasteiger partial charge in [-0.1, -0.05) is 12.1 Å². The van der Waals surface area contributed by atoms with Crippen LogP contribution in [0.25, 0.3) is 0 Å². The van der Waals surface area contributed by atoms with Gasteiger partial charge in [0.05, 0.1) is 0 Å². The van der Waals surface area contributed by atoms with E-state index in [1.807, 2.05) is 25.1 Å². The van der Waals surface area contributed by atoms with Crippen LogP contribution in [-0.4, -0.2) is 46.9 Å². The second-order valence-corrected chi connectivity index (χ2v) is 5.28. The van der Waals surface area contributed by atoms with Gasteiger partial charge in [-0.05, 0) is 37.0 Å². The summed E-state index contributed by atoms with van der Waals surface area (Å²) in [4.78, 5) is 23.1. The molecule has 1 fully saturated rings. The number of ether oxygens (including phenoxy) is 1. The van der Waals surface area contributed by atoms with Crippen LogP contribution in [0.15, 0.2) is 18.2 Å². The number of carboxylic acids is 1. The number of aliphatic carboxylic acids is 1. The largest absolute Gasteiger partial charge is 0.482 e. The van der Waals surface area contributed by atoms with Crippen LogP contribution in [-0.2, 0) is 4.79 Å². The predicted octanol–water partition coefficient (Wildman–Crippen LogP) is 2.32.